The van der Waals surface area contributed by atoms with Crippen molar-refractivity contribution in [1.82, 2.24) is 4.90 Å². The van der Waals surface area contributed by atoms with Crippen LogP contribution in [0.15, 0.2) is 0 Å². The molecule has 2 saturated carbocycles. The average molecular weight is 279 g/mol. The summed E-state index contributed by atoms with van der Waals surface area (Å²) in [7, 11) is 0. The predicted octanol–water partition coefficient (Wildman–Crippen LogP) is 4.12. The molecule has 2 atom stereocenters. The molecular formula is C18H33NO. The molecule has 1 N–H and O–H groups in total. The fourth-order valence-electron chi connectivity index (χ4n) is 5.00. The molecule has 3 aliphatic rings. The highest BCUT2D eigenvalue weighted by atomic mass is 16.3. The maximum Gasteiger partial charge on any atom is 0.0695 e. The number of aliphatic hydroxyl groups is 1. The lowest BCUT2D eigenvalue weighted by atomic mass is 9.68. The van der Waals surface area contributed by atoms with E-state index >= 15 is 0 Å². The molecule has 2 aliphatic carbocycles. The number of hydrogen-bond donors (Lipinski definition) is 1. The van der Waals surface area contributed by atoms with Crippen molar-refractivity contribution in [3.63, 3.8) is 0 Å². The fourth-order valence-corrected chi connectivity index (χ4v) is 5.00. The quantitative estimate of drug-likeness (QED) is 0.780. The van der Waals surface area contributed by atoms with Gasteiger partial charge in [-0.3, -0.25) is 4.90 Å². The molecule has 0 bridgehead atoms. The highest BCUT2D eigenvalue weighted by molar-refractivity contribution is 4.91. The molecule has 1 spiro atoms. The molecule has 2 heteroatoms. The molecule has 3 rings (SSSR count). The molecule has 2 unspecified atom stereocenters. The van der Waals surface area contributed by atoms with E-state index in [0.29, 0.717) is 11.5 Å². The second-order valence-corrected chi connectivity index (χ2v) is 7.72. The molecule has 0 radical (unpaired) electrons. The van der Waals surface area contributed by atoms with Crippen LogP contribution < -0.4 is 0 Å². The molecule has 0 aromatic rings. The molecule has 3 fully saturated rings. The van der Waals surface area contributed by atoms with Gasteiger partial charge in [0.1, 0.15) is 0 Å². The van der Waals surface area contributed by atoms with Gasteiger partial charge in [0.25, 0.3) is 0 Å². The van der Waals surface area contributed by atoms with Crippen LogP contribution in [-0.2, 0) is 0 Å². The van der Waals surface area contributed by atoms with Gasteiger partial charge in [0.2, 0.25) is 0 Å². The second-order valence-electron chi connectivity index (χ2n) is 7.72. The number of aliphatic hydroxyl groups excluding tert-OH is 1. The Morgan fingerprint density at radius 1 is 0.700 bits per heavy atom. The van der Waals surface area contributed by atoms with Crippen molar-refractivity contribution in [3.8, 4) is 0 Å². The Bertz CT molecular complexity index is 288. The summed E-state index contributed by atoms with van der Waals surface area (Å²) in [6.45, 7) is 2.50. The minimum atomic E-state index is -0.0595. The van der Waals surface area contributed by atoms with Gasteiger partial charge >= 0.3 is 0 Å². The maximum absolute atomic E-state index is 10.5. The highest BCUT2D eigenvalue weighted by Crippen LogP contribution is 2.45. The number of nitrogens with zero attached hydrogens (tertiary/aromatic N) is 1. The van der Waals surface area contributed by atoms with E-state index < -0.39 is 0 Å². The number of rotatable bonds is 1. The summed E-state index contributed by atoms with van der Waals surface area (Å²) >= 11 is 0. The van der Waals surface area contributed by atoms with Crippen LogP contribution in [0, 0.1) is 5.41 Å². The minimum Gasteiger partial charge on any atom is -0.391 e. The van der Waals surface area contributed by atoms with Crippen molar-refractivity contribution < 1.29 is 5.11 Å². The lowest BCUT2D eigenvalue weighted by molar-refractivity contribution is -0.0130. The van der Waals surface area contributed by atoms with Crippen LogP contribution in [0.3, 0.4) is 0 Å². The zero-order valence-corrected chi connectivity index (χ0v) is 13.2. The van der Waals surface area contributed by atoms with Crippen molar-refractivity contribution in [3.05, 3.63) is 0 Å². The van der Waals surface area contributed by atoms with Gasteiger partial charge in [0, 0.05) is 6.04 Å². The second kappa shape index (κ2) is 6.79. The smallest absolute Gasteiger partial charge is 0.0695 e. The van der Waals surface area contributed by atoms with Gasteiger partial charge < -0.3 is 5.11 Å². The third-order valence-electron chi connectivity index (χ3n) is 6.44. The van der Waals surface area contributed by atoms with Gasteiger partial charge in [-0.15, -0.1) is 0 Å². The first-order valence-electron chi connectivity index (χ1n) is 9.21. The van der Waals surface area contributed by atoms with Crippen LogP contribution in [0.4, 0.5) is 0 Å². The van der Waals surface area contributed by atoms with E-state index in [1.54, 1.807) is 0 Å². The van der Waals surface area contributed by atoms with E-state index in [1.807, 2.05) is 0 Å². The van der Waals surface area contributed by atoms with Crippen molar-refractivity contribution in [1.29, 1.82) is 0 Å². The SMILES string of the molecule is OC1CCCCCCC1N1CCC2(CCCCC2)CC1. The van der Waals surface area contributed by atoms with E-state index in [-0.39, 0.29) is 6.10 Å². The monoisotopic (exact) mass is 279 g/mol. The third kappa shape index (κ3) is 3.39. The lowest BCUT2D eigenvalue weighted by Crippen LogP contribution is -2.50. The van der Waals surface area contributed by atoms with E-state index in [2.05, 4.69) is 4.90 Å². The molecule has 1 saturated heterocycles. The Morgan fingerprint density at radius 2 is 1.30 bits per heavy atom. The summed E-state index contributed by atoms with van der Waals surface area (Å²) in [5.41, 5.74) is 0.696. The Balaban J connectivity index is 1.55. The number of hydrogen-bond acceptors (Lipinski definition) is 2. The van der Waals surface area contributed by atoms with Gasteiger partial charge in [-0.25, -0.2) is 0 Å². The Labute approximate surface area is 124 Å². The Hall–Kier alpha value is -0.0800. The Kier molecular flexibility index (Phi) is 5.04. The average Bonchev–Trinajstić information content (AvgIpc) is 2.46. The molecule has 0 aromatic heterocycles. The molecule has 1 heterocycles. The normalized spacial score (nSPS) is 36.5. The van der Waals surface area contributed by atoms with Crippen LogP contribution in [-0.4, -0.2) is 35.2 Å². The summed E-state index contributed by atoms with van der Waals surface area (Å²) in [5.74, 6) is 0. The van der Waals surface area contributed by atoms with Gasteiger partial charge in [-0.1, -0.05) is 44.9 Å². The first kappa shape index (κ1) is 14.8. The summed E-state index contributed by atoms with van der Waals surface area (Å²) in [4.78, 5) is 2.65. The van der Waals surface area contributed by atoms with Crippen molar-refractivity contribution >= 4 is 0 Å². The standard InChI is InChI=1S/C18H33NO/c20-17-9-5-2-1-4-8-16(17)19-14-12-18(13-15-19)10-6-3-7-11-18/h16-17,20H,1-15H2. The van der Waals surface area contributed by atoms with Gasteiger partial charge in [0.15, 0.2) is 0 Å². The highest BCUT2D eigenvalue weighted by Gasteiger charge is 2.38. The van der Waals surface area contributed by atoms with Crippen LogP contribution in [0.1, 0.15) is 83.5 Å². The van der Waals surface area contributed by atoms with E-state index in [0.717, 1.165) is 6.42 Å². The molecular weight excluding hydrogens is 246 g/mol. The molecule has 1 aliphatic heterocycles. The van der Waals surface area contributed by atoms with Crippen LogP contribution in [0.25, 0.3) is 0 Å². The fraction of sp³-hybridized carbons (Fsp3) is 1.00. The first-order chi connectivity index (χ1) is 9.79. The van der Waals surface area contributed by atoms with E-state index in [1.165, 1.54) is 90.1 Å². The molecule has 20 heavy (non-hydrogen) atoms. The molecule has 116 valence electrons. The summed E-state index contributed by atoms with van der Waals surface area (Å²) in [6.07, 6.45) is 17.6. The van der Waals surface area contributed by atoms with Crippen LogP contribution in [0.2, 0.25) is 0 Å². The van der Waals surface area contributed by atoms with Crippen LogP contribution >= 0.6 is 0 Å². The largest absolute Gasteiger partial charge is 0.391 e. The molecule has 0 amide bonds. The van der Waals surface area contributed by atoms with Gasteiger partial charge in [-0.05, 0) is 57.0 Å². The topological polar surface area (TPSA) is 23.5 Å². The Morgan fingerprint density at radius 3 is 2.00 bits per heavy atom. The van der Waals surface area contributed by atoms with Gasteiger partial charge in [-0.2, -0.15) is 0 Å². The van der Waals surface area contributed by atoms with E-state index in [4.69, 9.17) is 0 Å². The summed E-state index contributed by atoms with van der Waals surface area (Å²) in [5, 5.41) is 10.5. The number of likely N-dealkylation sites (tertiary alicyclic amines) is 1. The summed E-state index contributed by atoms with van der Waals surface area (Å²) < 4.78 is 0. The molecule has 0 aromatic carbocycles. The van der Waals surface area contributed by atoms with Crippen molar-refractivity contribution in [2.75, 3.05) is 13.1 Å². The van der Waals surface area contributed by atoms with Crippen molar-refractivity contribution in [2.45, 2.75) is 95.6 Å². The zero-order valence-electron chi connectivity index (χ0n) is 13.2. The zero-order chi connectivity index (χ0) is 13.8. The van der Waals surface area contributed by atoms with Gasteiger partial charge in [0.05, 0.1) is 6.10 Å². The van der Waals surface area contributed by atoms with Crippen molar-refractivity contribution in [2.24, 2.45) is 5.41 Å². The summed E-state index contributed by atoms with van der Waals surface area (Å²) in [6, 6.07) is 0.469. The van der Waals surface area contributed by atoms with Crippen LogP contribution in [0.5, 0.6) is 0 Å². The minimum absolute atomic E-state index is 0.0595. The van der Waals surface area contributed by atoms with E-state index in [9.17, 15) is 5.11 Å². The lowest BCUT2D eigenvalue weighted by Gasteiger charge is -2.47. The first-order valence-corrected chi connectivity index (χ1v) is 9.21. The third-order valence-corrected chi connectivity index (χ3v) is 6.44. The maximum atomic E-state index is 10.5. The predicted molar refractivity (Wildman–Crippen MR) is 83.8 cm³/mol. The number of piperidine rings is 1. The molecule has 2 nitrogen and oxygen atoms in total.